The SMILES string of the molecule is CCCCCCSP(O)(=S)OOC. The zero-order valence-electron chi connectivity index (χ0n) is 8.06. The lowest BCUT2D eigenvalue weighted by Gasteiger charge is -2.11. The summed E-state index contributed by atoms with van der Waals surface area (Å²) in [5, 5.41) is 0. The van der Waals surface area contributed by atoms with E-state index in [0.717, 1.165) is 12.2 Å². The molecule has 0 saturated carbocycles. The molecule has 1 atom stereocenters. The first-order chi connectivity index (χ1) is 6.12. The van der Waals surface area contributed by atoms with Crippen molar-refractivity contribution < 1.29 is 14.5 Å². The highest BCUT2D eigenvalue weighted by molar-refractivity contribution is 8.67. The lowest BCUT2D eigenvalue weighted by atomic mass is 10.2. The van der Waals surface area contributed by atoms with Crippen molar-refractivity contribution in [2.75, 3.05) is 12.9 Å². The first kappa shape index (κ1) is 13.9. The van der Waals surface area contributed by atoms with Gasteiger partial charge in [-0.3, -0.25) is 0 Å². The van der Waals surface area contributed by atoms with Gasteiger partial charge in [-0.2, -0.15) is 4.67 Å². The molecule has 0 saturated heterocycles. The second-order valence-corrected chi connectivity index (χ2v) is 8.79. The second kappa shape index (κ2) is 8.21. The van der Waals surface area contributed by atoms with Crippen molar-refractivity contribution in [3.63, 3.8) is 0 Å². The van der Waals surface area contributed by atoms with E-state index in [-0.39, 0.29) is 0 Å². The smallest absolute Gasteiger partial charge is 0.275 e. The van der Waals surface area contributed by atoms with Crippen LogP contribution in [-0.2, 0) is 21.4 Å². The zero-order valence-corrected chi connectivity index (χ0v) is 10.6. The summed E-state index contributed by atoms with van der Waals surface area (Å²) in [5.74, 6) is 0.844. The molecule has 0 aromatic rings. The van der Waals surface area contributed by atoms with Crippen LogP contribution in [0.3, 0.4) is 0 Å². The molecular formula is C7H17O3PS2. The minimum Gasteiger partial charge on any atom is -0.336 e. The Morgan fingerprint density at radius 2 is 2.08 bits per heavy atom. The van der Waals surface area contributed by atoms with Crippen molar-refractivity contribution in [3.8, 4) is 0 Å². The number of hydrogen-bond acceptors (Lipinski definition) is 4. The lowest BCUT2D eigenvalue weighted by Crippen LogP contribution is -1.86. The van der Waals surface area contributed by atoms with Crippen LogP contribution in [0.15, 0.2) is 0 Å². The summed E-state index contributed by atoms with van der Waals surface area (Å²) in [5.41, 5.74) is -2.71. The number of rotatable bonds is 8. The van der Waals surface area contributed by atoms with Gasteiger partial charge in [-0.15, -0.1) is 0 Å². The third-order valence-corrected chi connectivity index (χ3v) is 5.40. The quantitative estimate of drug-likeness (QED) is 0.307. The Bertz CT molecular complexity index is 166. The lowest BCUT2D eigenvalue weighted by molar-refractivity contribution is -0.174. The van der Waals surface area contributed by atoms with Gasteiger partial charge in [-0.25, -0.2) is 4.89 Å². The van der Waals surface area contributed by atoms with Crippen molar-refractivity contribution in [2.24, 2.45) is 0 Å². The van der Waals surface area contributed by atoms with Crippen LogP contribution in [0, 0.1) is 0 Å². The Morgan fingerprint density at radius 1 is 1.38 bits per heavy atom. The Labute approximate surface area is 89.0 Å². The van der Waals surface area contributed by atoms with Crippen LogP contribution in [0.25, 0.3) is 0 Å². The van der Waals surface area contributed by atoms with Crippen molar-refractivity contribution in [1.29, 1.82) is 0 Å². The average molecular weight is 244 g/mol. The van der Waals surface area contributed by atoms with Crippen LogP contribution in [0.4, 0.5) is 0 Å². The maximum atomic E-state index is 9.41. The highest BCUT2D eigenvalue weighted by Crippen LogP contribution is 2.56. The first-order valence-corrected chi connectivity index (χ1v) is 8.58. The van der Waals surface area contributed by atoms with Crippen LogP contribution < -0.4 is 0 Å². The first-order valence-electron chi connectivity index (χ1n) is 4.32. The Morgan fingerprint density at radius 3 is 2.62 bits per heavy atom. The molecule has 0 heterocycles. The standard InChI is InChI=1S/C7H17O3PS2/c1-3-4-5-6-7-13-11(8,12)10-9-2/h3-7H2,1-2H3,(H,8,12). The molecule has 80 valence electrons. The van der Waals surface area contributed by atoms with Gasteiger partial charge in [0.05, 0.1) is 7.11 Å². The average Bonchev–Trinajstić information content (AvgIpc) is 2.04. The maximum Gasteiger partial charge on any atom is 0.275 e. The van der Waals surface area contributed by atoms with Gasteiger partial charge >= 0.3 is 0 Å². The minimum atomic E-state index is -2.71. The fraction of sp³-hybridized carbons (Fsp3) is 1.00. The van der Waals surface area contributed by atoms with E-state index in [9.17, 15) is 4.89 Å². The monoisotopic (exact) mass is 244 g/mol. The number of unbranched alkanes of at least 4 members (excludes halogenated alkanes) is 3. The molecule has 0 aliphatic heterocycles. The Hall–Kier alpha value is 0.880. The predicted molar refractivity (Wildman–Crippen MR) is 61.2 cm³/mol. The normalized spacial score (nSPS) is 15.6. The van der Waals surface area contributed by atoms with Crippen LogP contribution in [-0.4, -0.2) is 17.8 Å². The third kappa shape index (κ3) is 9.19. The number of hydrogen-bond donors (Lipinski definition) is 1. The molecule has 0 aliphatic rings. The van der Waals surface area contributed by atoms with Gasteiger partial charge in [-0.1, -0.05) is 37.6 Å². The molecule has 13 heavy (non-hydrogen) atoms. The molecule has 0 aromatic heterocycles. The molecule has 0 bridgehead atoms. The summed E-state index contributed by atoms with van der Waals surface area (Å²) in [4.78, 5) is 13.8. The van der Waals surface area contributed by atoms with Crippen LogP contribution in [0.5, 0.6) is 0 Å². The van der Waals surface area contributed by atoms with E-state index in [1.165, 1.54) is 37.8 Å². The molecule has 0 radical (unpaired) electrons. The van der Waals surface area contributed by atoms with Gasteiger partial charge in [0.15, 0.2) is 0 Å². The summed E-state index contributed by atoms with van der Waals surface area (Å²) in [7, 11) is 1.36. The predicted octanol–water partition coefficient (Wildman–Crippen LogP) is 3.09. The molecule has 1 N–H and O–H groups in total. The third-order valence-electron chi connectivity index (χ3n) is 1.42. The van der Waals surface area contributed by atoms with Gasteiger partial charge < -0.3 is 4.89 Å². The molecule has 3 nitrogen and oxygen atoms in total. The second-order valence-electron chi connectivity index (χ2n) is 2.60. The van der Waals surface area contributed by atoms with E-state index >= 15 is 0 Å². The molecule has 1 unspecified atom stereocenters. The summed E-state index contributed by atoms with van der Waals surface area (Å²) in [6.45, 7) is 2.16. The van der Waals surface area contributed by atoms with Crippen molar-refractivity contribution >= 4 is 28.9 Å². The Kier molecular flexibility index (Phi) is 8.77. The van der Waals surface area contributed by atoms with Crippen molar-refractivity contribution in [3.05, 3.63) is 0 Å². The summed E-state index contributed by atoms with van der Waals surface area (Å²) < 4.78 is 4.58. The van der Waals surface area contributed by atoms with Crippen molar-refractivity contribution in [2.45, 2.75) is 32.6 Å². The maximum absolute atomic E-state index is 9.41. The molecule has 0 amide bonds. The van der Waals surface area contributed by atoms with Crippen LogP contribution >= 0.6 is 17.1 Å². The van der Waals surface area contributed by atoms with E-state index in [1.54, 1.807) is 0 Å². The van der Waals surface area contributed by atoms with Gasteiger partial charge in [0, 0.05) is 5.75 Å². The topological polar surface area (TPSA) is 38.7 Å². The van der Waals surface area contributed by atoms with Crippen LogP contribution in [0.2, 0.25) is 0 Å². The molecule has 0 aromatic carbocycles. The zero-order chi connectivity index (χ0) is 10.2. The molecule has 0 spiro atoms. The van der Waals surface area contributed by atoms with Gasteiger partial charge in [0.2, 0.25) is 0 Å². The van der Waals surface area contributed by atoms with E-state index in [2.05, 4.69) is 16.5 Å². The molecule has 0 aliphatic carbocycles. The summed E-state index contributed by atoms with van der Waals surface area (Å²) in [6.07, 6.45) is 4.71. The summed E-state index contributed by atoms with van der Waals surface area (Å²) in [6, 6.07) is 0. The molecule has 0 rings (SSSR count). The van der Waals surface area contributed by atoms with Crippen molar-refractivity contribution in [1.82, 2.24) is 0 Å². The highest BCUT2D eigenvalue weighted by atomic mass is 32.9. The van der Waals surface area contributed by atoms with E-state index in [1.807, 2.05) is 0 Å². The van der Waals surface area contributed by atoms with Crippen LogP contribution in [0.1, 0.15) is 32.6 Å². The molecular weight excluding hydrogens is 227 g/mol. The summed E-state index contributed by atoms with van der Waals surface area (Å²) >= 11 is 6.09. The highest BCUT2D eigenvalue weighted by Gasteiger charge is 2.14. The van der Waals surface area contributed by atoms with Gasteiger partial charge in [0.1, 0.15) is 0 Å². The Balaban J connectivity index is 3.35. The fourth-order valence-electron chi connectivity index (χ4n) is 0.824. The van der Waals surface area contributed by atoms with E-state index < -0.39 is 5.69 Å². The largest absolute Gasteiger partial charge is 0.336 e. The van der Waals surface area contributed by atoms with E-state index in [4.69, 9.17) is 11.8 Å². The molecule has 0 fully saturated rings. The van der Waals surface area contributed by atoms with Gasteiger partial charge in [-0.05, 0) is 18.2 Å². The van der Waals surface area contributed by atoms with E-state index in [0.29, 0.717) is 0 Å². The van der Waals surface area contributed by atoms with Gasteiger partial charge in [0.25, 0.3) is 5.69 Å². The molecule has 6 heteroatoms. The minimum absolute atomic E-state index is 0.844. The fourth-order valence-corrected chi connectivity index (χ4v) is 3.86.